The van der Waals surface area contributed by atoms with Crippen molar-refractivity contribution in [2.75, 3.05) is 37.8 Å². The number of rotatable bonds is 9. The summed E-state index contributed by atoms with van der Waals surface area (Å²) in [5.41, 5.74) is 7.02. The Morgan fingerprint density at radius 1 is 0.932 bits per heavy atom. The van der Waals surface area contributed by atoms with E-state index in [1.165, 1.54) is 12.1 Å². The maximum absolute atomic E-state index is 14.7. The normalized spacial score (nSPS) is 12.7. The van der Waals surface area contributed by atoms with Crippen molar-refractivity contribution in [3.63, 3.8) is 0 Å². The van der Waals surface area contributed by atoms with E-state index in [-0.39, 0.29) is 11.2 Å². The van der Waals surface area contributed by atoms with E-state index >= 15 is 0 Å². The summed E-state index contributed by atoms with van der Waals surface area (Å²) >= 11 is 0. The highest BCUT2D eigenvalue weighted by Gasteiger charge is 2.22. The molecular weight excluding hydrogens is 557 g/mol. The van der Waals surface area contributed by atoms with Crippen LogP contribution < -0.4 is 10.6 Å². The number of likely N-dealkylation sites (N-methyl/N-ethyl adjacent to an activating group) is 1. The maximum atomic E-state index is 14.7. The lowest BCUT2D eigenvalue weighted by molar-refractivity contribution is 0.0880. The van der Waals surface area contributed by atoms with Crippen molar-refractivity contribution in [2.45, 2.75) is 27.0 Å². The van der Waals surface area contributed by atoms with Crippen molar-refractivity contribution in [1.29, 1.82) is 0 Å². The van der Waals surface area contributed by atoms with Crippen LogP contribution in [0.25, 0.3) is 55.8 Å². The van der Waals surface area contributed by atoms with Crippen LogP contribution in [0.1, 0.15) is 20.8 Å². The van der Waals surface area contributed by atoms with Gasteiger partial charge in [-0.05, 0) is 62.1 Å². The molecule has 4 aromatic heterocycles. The number of imidazole rings is 1. The first kappa shape index (κ1) is 29.2. The topological polar surface area (TPSA) is 131 Å². The smallest absolute Gasteiger partial charge is 0.159 e. The van der Waals surface area contributed by atoms with E-state index < -0.39 is 6.23 Å². The van der Waals surface area contributed by atoms with Crippen LogP contribution >= 0.6 is 0 Å². The molecule has 4 heterocycles. The molecule has 0 fully saturated rings. The molecule has 10 nitrogen and oxygen atoms in total. The second kappa shape index (κ2) is 11.7. The molecule has 0 aliphatic carbocycles. The van der Waals surface area contributed by atoms with Gasteiger partial charge in [0, 0.05) is 53.1 Å². The Morgan fingerprint density at radius 2 is 1.75 bits per heavy atom. The van der Waals surface area contributed by atoms with E-state index in [0.29, 0.717) is 40.5 Å². The highest BCUT2D eigenvalue weighted by atomic mass is 19.1. The number of aliphatic hydroxyl groups is 1. The second-order valence-corrected chi connectivity index (χ2v) is 12.3. The Balaban J connectivity index is 1.35. The molecule has 0 aliphatic rings. The molecule has 11 heteroatoms. The number of aromatic nitrogens is 6. The van der Waals surface area contributed by atoms with Gasteiger partial charge in [-0.2, -0.15) is 5.10 Å². The summed E-state index contributed by atoms with van der Waals surface area (Å²) in [6.07, 6.45) is 4.45. The lowest BCUT2D eigenvalue weighted by Gasteiger charge is -2.27. The summed E-state index contributed by atoms with van der Waals surface area (Å²) in [5.74, 6) is 0.220. The van der Waals surface area contributed by atoms with Crippen molar-refractivity contribution >= 4 is 33.3 Å². The standard InChI is InChI=1S/C33H36FN9O/c1-33(2,3)32(44)38-24-14-21(17-35-18-24)19-6-7-26-25(15-19)29(42-41-26)31-39-27-8-9-37-28(30(27)40-31)20-12-22(34)16-23(13-20)36-10-11-43(4)5/h6-9,12-18,32,36,38,44H,10-11H2,1-5H3,(H,39,40)(H,41,42). The number of fused-ring (bicyclic) bond motifs is 2. The minimum atomic E-state index is -0.728. The van der Waals surface area contributed by atoms with Crippen LogP contribution in [0.3, 0.4) is 0 Å². The van der Waals surface area contributed by atoms with E-state index in [1.54, 1.807) is 18.6 Å². The molecule has 0 saturated carbocycles. The fraction of sp³-hybridized carbons (Fsp3) is 0.273. The molecule has 6 aromatic rings. The zero-order valence-electron chi connectivity index (χ0n) is 25.4. The molecule has 0 saturated heterocycles. The molecule has 0 aliphatic heterocycles. The number of H-pyrrole nitrogens is 2. The third-order valence-electron chi connectivity index (χ3n) is 7.44. The van der Waals surface area contributed by atoms with E-state index in [9.17, 15) is 9.50 Å². The van der Waals surface area contributed by atoms with Crippen LogP contribution in [0.5, 0.6) is 0 Å². The van der Waals surface area contributed by atoms with Crippen molar-refractivity contribution in [3.8, 4) is 33.9 Å². The van der Waals surface area contributed by atoms with Gasteiger partial charge in [-0.1, -0.05) is 26.8 Å². The number of nitrogens with zero attached hydrogens (tertiary/aromatic N) is 5. The zero-order chi connectivity index (χ0) is 31.0. The summed E-state index contributed by atoms with van der Waals surface area (Å²) in [7, 11) is 3.99. The number of aromatic amines is 2. The molecule has 44 heavy (non-hydrogen) atoms. The Bertz CT molecular complexity index is 1940. The minimum Gasteiger partial charge on any atom is -0.384 e. The van der Waals surface area contributed by atoms with Gasteiger partial charge < -0.3 is 25.6 Å². The largest absolute Gasteiger partial charge is 0.384 e. The highest BCUT2D eigenvalue weighted by molar-refractivity contribution is 5.97. The van der Waals surface area contributed by atoms with Crippen molar-refractivity contribution in [2.24, 2.45) is 5.41 Å². The van der Waals surface area contributed by atoms with Gasteiger partial charge in [-0.15, -0.1) is 0 Å². The molecule has 0 spiro atoms. The number of halogens is 1. The fourth-order valence-electron chi connectivity index (χ4n) is 4.94. The SMILES string of the molecule is CN(C)CCNc1cc(F)cc(-c2nccc3[nH]c(-c4n[nH]c5ccc(-c6cncc(NC(O)C(C)(C)C)c6)cc45)nc23)c1. The average molecular weight is 594 g/mol. The van der Waals surface area contributed by atoms with Crippen molar-refractivity contribution in [1.82, 2.24) is 35.0 Å². The zero-order valence-corrected chi connectivity index (χ0v) is 25.4. The first-order valence-electron chi connectivity index (χ1n) is 14.5. The second-order valence-electron chi connectivity index (χ2n) is 12.3. The van der Waals surface area contributed by atoms with Gasteiger partial charge in [0.15, 0.2) is 5.82 Å². The van der Waals surface area contributed by atoms with Gasteiger partial charge >= 0.3 is 0 Å². The molecule has 1 atom stereocenters. The molecule has 0 amide bonds. The third kappa shape index (κ3) is 6.10. The minimum absolute atomic E-state index is 0.331. The first-order valence-corrected chi connectivity index (χ1v) is 14.5. The van der Waals surface area contributed by atoms with Crippen LogP contribution in [0.4, 0.5) is 15.8 Å². The summed E-state index contributed by atoms with van der Waals surface area (Å²) in [6, 6.07) is 14.7. The number of hydrogen-bond acceptors (Lipinski definition) is 8. The summed E-state index contributed by atoms with van der Waals surface area (Å²) in [5, 5.41) is 25.5. The Labute approximate surface area is 254 Å². The van der Waals surface area contributed by atoms with Gasteiger partial charge in [0.25, 0.3) is 0 Å². The van der Waals surface area contributed by atoms with Gasteiger partial charge in [0.05, 0.1) is 28.6 Å². The Kier molecular flexibility index (Phi) is 7.74. The van der Waals surface area contributed by atoms with E-state index in [1.807, 2.05) is 71.3 Å². The fourth-order valence-corrected chi connectivity index (χ4v) is 4.94. The van der Waals surface area contributed by atoms with Gasteiger partial charge in [-0.25, -0.2) is 9.37 Å². The first-order chi connectivity index (χ1) is 21.0. The Morgan fingerprint density at radius 3 is 2.55 bits per heavy atom. The van der Waals surface area contributed by atoms with E-state index in [2.05, 4.69) is 40.7 Å². The van der Waals surface area contributed by atoms with E-state index in [4.69, 9.17) is 4.98 Å². The van der Waals surface area contributed by atoms with E-state index in [0.717, 1.165) is 39.8 Å². The number of nitrogens with one attached hydrogen (secondary N) is 4. The quantitative estimate of drug-likeness (QED) is 0.127. The number of pyridine rings is 2. The molecule has 0 bridgehead atoms. The van der Waals surface area contributed by atoms with Crippen molar-refractivity contribution in [3.05, 3.63) is 72.9 Å². The lowest BCUT2D eigenvalue weighted by Crippen LogP contribution is -2.33. The predicted octanol–water partition coefficient (Wildman–Crippen LogP) is 6.12. The van der Waals surface area contributed by atoms with Crippen LogP contribution in [-0.2, 0) is 0 Å². The number of aliphatic hydroxyl groups excluding tert-OH is 1. The molecule has 226 valence electrons. The summed E-state index contributed by atoms with van der Waals surface area (Å²) in [4.78, 5) is 19.3. The lowest BCUT2D eigenvalue weighted by atomic mass is 9.94. The number of benzene rings is 2. The summed E-state index contributed by atoms with van der Waals surface area (Å²) in [6.45, 7) is 7.40. The Hall–Kier alpha value is -4.87. The maximum Gasteiger partial charge on any atom is 0.159 e. The molecule has 6 rings (SSSR count). The van der Waals surface area contributed by atoms with Gasteiger partial charge in [0.2, 0.25) is 0 Å². The molecule has 2 aromatic carbocycles. The average Bonchev–Trinajstić information content (AvgIpc) is 3.60. The number of hydrogen-bond donors (Lipinski definition) is 5. The predicted molar refractivity (Wildman–Crippen MR) is 174 cm³/mol. The van der Waals surface area contributed by atoms with Crippen LogP contribution in [-0.4, -0.2) is 73.6 Å². The van der Waals surface area contributed by atoms with Crippen LogP contribution in [0, 0.1) is 11.2 Å². The summed E-state index contributed by atoms with van der Waals surface area (Å²) < 4.78 is 14.7. The third-order valence-corrected chi connectivity index (χ3v) is 7.44. The van der Waals surface area contributed by atoms with Crippen LogP contribution in [0.15, 0.2) is 67.1 Å². The van der Waals surface area contributed by atoms with Gasteiger partial charge in [0.1, 0.15) is 23.3 Å². The highest BCUT2D eigenvalue weighted by Crippen LogP contribution is 2.34. The molecular formula is C33H36FN9O. The van der Waals surface area contributed by atoms with Crippen LogP contribution in [0.2, 0.25) is 0 Å². The van der Waals surface area contributed by atoms with Crippen molar-refractivity contribution < 1.29 is 9.50 Å². The van der Waals surface area contributed by atoms with Gasteiger partial charge in [-0.3, -0.25) is 15.1 Å². The molecule has 1 unspecified atom stereocenters. The molecule has 5 N–H and O–H groups in total. The molecule has 0 radical (unpaired) electrons. The monoisotopic (exact) mass is 593 g/mol. The number of anilines is 2.